The Labute approximate surface area is 105 Å². The van der Waals surface area contributed by atoms with Crippen LogP contribution in [-0.2, 0) is 23.7 Å². The average molecular weight is 262 g/mol. The summed E-state index contributed by atoms with van der Waals surface area (Å²) in [7, 11) is 0. The molecular formula is C12H19FO5. The molecule has 0 aliphatic carbocycles. The Morgan fingerprint density at radius 1 is 0.833 bits per heavy atom. The topological polar surface area (TPSA) is 46.2 Å². The highest BCUT2D eigenvalue weighted by molar-refractivity contribution is 4.99. The molecule has 3 saturated heterocycles. The second-order valence-corrected chi connectivity index (χ2v) is 5.86. The highest BCUT2D eigenvalue weighted by Gasteiger charge is 2.60. The molecule has 18 heavy (non-hydrogen) atoms. The standard InChI is InChI=1S/C12H19FO5/c1-11(2)15-7-6(5-13)14-10-9(8(7)16-11)17-12(3,4)18-10/h6-10H,5H2,1-4H3/t6?,7-,8?,9?,10-/m1/s1. The minimum absolute atomic E-state index is 0.360. The van der Waals surface area contributed by atoms with E-state index in [1.807, 2.05) is 0 Å². The van der Waals surface area contributed by atoms with Crippen LogP contribution in [0.15, 0.2) is 0 Å². The lowest BCUT2D eigenvalue weighted by atomic mass is 10.00. The van der Waals surface area contributed by atoms with E-state index in [0.717, 1.165) is 0 Å². The summed E-state index contributed by atoms with van der Waals surface area (Å²) in [6, 6.07) is 0. The monoisotopic (exact) mass is 262 g/mol. The zero-order chi connectivity index (χ0) is 13.1. The maximum Gasteiger partial charge on any atom is 0.190 e. The fourth-order valence-corrected chi connectivity index (χ4v) is 2.82. The molecule has 0 bridgehead atoms. The highest BCUT2D eigenvalue weighted by atomic mass is 19.1. The Morgan fingerprint density at radius 3 is 2.06 bits per heavy atom. The maximum absolute atomic E-state index is 13.1. The van der Waals surface area contributed by atoms with Gasteiger partial charge in [-0.25, -0.2) is 4.39 Å². The Morgan fingerprint density at radius 2 is 1.39 bits per heavy atom. The van der Waals surface area contributed by atoms with Gasteiger partial charge in [0.25, 0.3) is 0 Å². The number of rotatable bonds is 1. The summed E-state index contributed by atoms with van der Waals surface area (Å²) in [6.45, 7) is 6.57. The number of hydrogen-bond acceptors (Lipinski definition) is 5. The number of alkyl halides is 1. The molecule has 5 atom stereocenters. The van der Waals surface area contributed by atoms with Gasteiger partial charge in [-0.1, -0.05) is 0 Å². The van der Waals surface area contributed by atoms with Gasteiger partial charge in [0.15, 0.2) is 17.9 Å². The molecule has 0 spiro atoms. The summed E-state index contributed by atoms with van der Waals surface area (Å²) in [4.78, 5) is 0. The molecule has 0 aromatic rings. The fourth-order valence-electron chi connectivity index (χ4n) is 2.82. The normalized spacial score (nSPS) is 48.8. The number of fused-ring (bicyclic) bond motifs is 3. The van der Waals surface area contributed by atoms with E-state index in [9.17, 15) is 4.39 Å². The molecule has 3 aliphatic heterocycles. The molecule has 0 saturated carbocycles. The highest BCUT2D eigenvalue weighted by Crippen LogP contribution is 2.43. The van der Waals surface area contributed by atoms with Crippen LogP contribution >= 0.6 is 0 Å². The lowest BCUT2D eigenvalue weighted by Gasteiger charge is -2.35. The van der Waals surface area contributed by atoms with E-state index in [1.54, 1.807) is 27.7 Å². The van der Waals surface area contributed by atoms with Crippen LogP contribution in [0.25, 0.3) is 0 Å². The van der Waals surface area contributed by atoms with Gasteiger partial charge in [0.05, 0.1) is 0 Å². The molecule has 0 N–H and O–H groups in total. The van der Waals surface area contributed by atoms with E-state index >= 15 is 0 Å². The third-order valence-electron chi connectivity index (χ3n) is 3.40. The van der Waals surface area contributed by atoms with Gasteiger partial charge in [-0.05, 0) is 27.7 Å². The van der Waals surface area contributed by atoms with Crippen molar-refractivity contribution in [3.8, 4) is 0 Å². The van der Waals surface area contributed by atoms with Gasteiger partial charge >= 0.3 is 0 Å². The van der Waals surface area contributed by atoms with E-state index in [4.69, 9.17) is 23.7 Å². The molecule has 3 rings (SSSR count). The van der Waals surface area contributed by atoms with Crippen molar-refractivity contribution in [3.05, 3.63) is 0 Å². The van der Waals surface area contributed by atoms with Crippen LogP contribution < -0.4 is 0 Å². The predicted molar refractivity (Wildman–Crippen MR) is 58.5 cm³/mol. The van der Waals surface area contributed by atoms with Crippen LogP contribution in [0.1, 0.15) is 27.7 Å². The summed E-state index contributed by atoms with van der Waals surface area (Å²) in [6.07, 6.45) is -2.46. The molecule has 5 nitrogen and oxygen atoms in total. The molecule has 104 valence electrons. The van der Waals surface area contributed by atoms with E-state index in [1.165, 1.54) is 0 Å². The van der Waals surface area contributed by atoms with Crippen LogP contribution in [0.3, 0.4) is 0 Å². The van der Waals surface area contributed by atoms with Crippen molar-refractivity contribution >= 4 is 0 Å². The quantitative estimate of drug-likeness (QED) is 0.714. The molecule has 3 heterocycles. The predicted octanol–water partition coefficient (Wildman–Crippen LogP) is 1.35. The molecule has 6 heteroatoms. The second kappa shape index (κ2) is 3.86. The lowest BCUT2D eigenvalue weighted by molar-refractivity contribution is -0.236. The lowest BCUT2D eigenvalue weighted by Crippen LogP contribution is -2.55. The van der Waals surface area contributed by atoms with Crippen molar-refractivity contribution in [2.75, 3.05) is 6.67 Å². The maximum atomic E-state index is 13.1. The van der Waals surface area contributed by atoms with Gasteiger partial charge in [-0.2, -0.15) is 0 Å². The van der Waals surface area contributed by atoms with Crippen LogP contribution in [0, 0.1) is 0 Å². The second-order valence-electron chi connectivity index (χ2n) is 5.86. The molecule has 3 unspecified atom stereocenters. The Hall–Kier alpha value is -0.270. The van der Waals surface area contributed by atoms with Crippen LogP contribution in [0.5, 0.6) is 0 Å². The van der Waals surface area contributed by atoms with Crippen molar-refractivity contribution in [2.24, 2.45) is 0 Å². The van der Waals surface area contributed by atoms with Gasteiger partial charge in [-0.3, -0.25) is 0 Å². The minimum atomic E-state index is -0.753. The van der Waals surface area contributed by atoms with Crippen LogP contribution in [0.2, 0.25) is 0 Å². The van der Waals surface area contributed by atoms with E-state index in [-0.39, 0.29) is 12.2 Å². The smallest absolute Gasteiger partial charge is 0.190 e. The molecule has 0 amide bonds. The summed E-state index contributed by atoms with van der Waals surface area (Å²) in [5.74, 6) is -1.50. The van der Waals surface area contributed by atoms with Crippen molar-refractivity contribution in [2.45, 2.75) is 70.0 Å². The Bertz CT molecular complexity index is 345. The van der Waals surface area contributed by atoms with Gasteiger partial charge in [0.1, 0.15) is 31.1 Å². The van der Waals surface area contributed by atoms with Gasteiger partial charge in [-0.15, -0.1) is 0 Å². The molecule has 3 aliphatic rings. The summed E-state index contributed by atoms with van der Waals surface area (Å²) < 4.78 is 41.6. The van der Waals surface area contributed by atoms with Gasteiger partial charge < -0.3 is 23.7 Å². The van der Waals surface area contributed by atoms with Crippen LogP contribution in [-0.4, -0.2) is 49.0 Å². The molecule has 0 aromatic carbocycles. The zero-order valence-corrected chi connectivity index (χ0v) is 11.0. The SMILES string of the molecule is CC1(C)OC2C3OC(C)(C)O[C@@H]3C(CF)O[C@@H]2O1. The Kier molecular flexibility index (Phi) is 2.74. The Balaban J connectivity index is 1.86. The number of ether oxygens (including phenoxy) is 5. The summed E-state index contributed by atoms with van der Waals surface area (Å²) >= 11 is 0. The van der Waals surface area contributed by atoms with E-state index in [0.29, 0.717) is 0 Å². The number of halogens is 1. The summed E-state index contributed by atoms with van der Waals surface area (Å²) in [5, 5.41) is 0. The van der Waals surface area contributed by atoms with Gasteiger partial charge in [0.2, 0.25) is 0 Å². The van der Waals surface area contributed by atoms with E-state index < -0.39 is 36.7 Å². The first-order chi connectivity index (χ1) is 8.31. The molecule has 3 fully saturated rings. The van der Waals surface area contributed by atoms with Crippen molar-refractivity contribution in [1.82, 2.24) is 0 Å². The van der Waals surface area contributed by atoms with Crippen molar-refractivity contribution in [3.63, 3.8) is 0 Å². The molecular weight excluding hydrogens is 243 g/mol. The van der Waals surface area contributed by atoms with Crippen molar-refractivity contribution in [1.29, 1.82) is 0 Å². The molecule has 0 radical (unpaired) electrons. The zero-order valence-electron chi connectivity index (χ0n) is 11.0. The van der Waals surface area contributed by atoms with Crippen LogP contribution in [0.4, 0.5) is 4.39 Å². The summed E-state index contributed by atoms with van der Waals surface area (Å²) in [5.41, 5.74) is 0. The first-order valence-corrected chi connectivity index (χ1v) is 6.24. The first kappa shape index (κ1) is 12.7. The minimum Gasteiger partial charge on any atom is -0.342 e. The first-order valence-electron chi connectivity index (χ1n) is 6.24. The third-order valence-corrected chi connectivity index (χ3v) is 3.40. The van der Waals surface area contributed by atoms with Crippen molar-refractivity contribution < 1.29 is 28.1 Å². The third kappa shape index (κ3) is 1.96. The number of hydrogen-bond donors (Lipinski definition) is 0. The fraction of sp³-hybridized carbons (Fsp3) is 1.00. The average Bonchev–Trinajstić information content (AvgIpc) is 2.71. The van der Waals surface area contributed by atoms with Gasteiger partial charge in [0, 0.05) is 0 Å². The van der Waals surface area contributed by atoms with E-state index in [2.05, 4.69) is 0 Å². The molecule has 0 aromatic heterocycles. The largest absolute Gasteiger partial charge is 0.342 e.